The van der Waals surface area contributed by atoms with Crippen molar-refractivity contribution in [2.24, 2.45) is 16.6 Å². The van der Waals surface area contributed by atoms with Gasteiger partial charge in [-0.05, 0) is 12.2 Å². The van der Waals surface area contributed by atoms with E-state index in [0.717, 1.165) is 0 Å². The highest BCUT2D eigenvalue weighted by Crippen LogP contribution is 1.80. The van der Waals surface area contributed by atoms with E-state index in [2.05, 4.69) is 10.8 Å². The molecule has 0 aliphatic carbocycles. The van der Waals surface area contributed by atoms with E-state index in [1.54, 1.807) is 0 Å². The van der Waals surface area contributed by atoms with Gasteiger partial charge in [-0.15, -0.1) is 0 Å². The van der Waals surface area contributed by atoms with Crippen LogP contribution >= 0.6 is 0 Å². The highest BCUT2D eigenvalue weighted by Gasteiger charge is 1.90. The second-order valence-corrected chi connectivity index (χ2v) is 2.53. The summed E-state index contributed by atoms with van der Waals surface area (Å²) in [6.45, 7) is 4.48. The molecule has 0 saturated heterocycles. The van der Waals surface area contributed by atoms with E-state index in [1.807, 2.05) is 0 Å². The van der Waals surface area contributed by atoms with Gasteiger partial charge in [0, 0.05) is 6.54 Å². The molecule has 0 rings (SSSR count). The standard InChI is InChI=1S/C8H19N3O3.CH5N/c9-1-3-12-5-7-14-8-6-13-4-2-11-10;1-2/h10H,1-9H2;2H2,1H3/p+1. The first-order chi connectivity index (χ1) is 7.91. The average molecular weight is 237 g/mol. The highest BCUT2D eigenvalue weighted by atomic mass is 16.5. The Balaban J connectivity index is 0. The van der Waals surface area contributed by atoms with Gasteiger partial charge in [0.1, 0.15) is 6.54 Å². The van der Waals surface area contributed by atoms with Gasteiger partial charge < -0.3 is 25.7 Å². The SMILES string of the molecule is CN.NCCOCCOCCOCCN=[NH2+]. The Morgan fingerprint density at radius 2 is 1.31 bits per heavy atom. The zero-order chi connectivity index (χ0) is 12.5. The maximum Gasteiger partial charge on any atom is 0.124 e. The van der Waals surface area contributed by atoms with Crippen LogP contribution in [0.3, 0.4) is 0 Å². The first-order valence-corrected chi connectivity index (χ1v) is 5.29. The minimum Gasteiger partial charge on any atom is -0.378 e. The summed E-state index contributed by atoms with van der Waals surface area (Å²) in [4.78, 5) is 0. The Hall–Kier alpha value is -0.600. The third-order valence-corrected chi connectivity index (χ3v) is 1.37. The summed E-state index contributed by atoms with van der Waals surface area (Å²) in [6.07, 6.45) is 0. The number of ether oxygens (including phenoxy) is 3. The van der Waals surface area contributed by atoms with E-state index in [-0.39, 0.29) is 0 Å². The van der Waals surface area contributed by atoms with Crippen LogP contribution in [0, 0.1) is 0 Å². The molecule has 0 aromatic carbocycles. The van der Waals surface area contributed by atoms with Crippen molar-refractivity contribution in [3.63, 3.8) is 0 Å². The monoisotopic (exact) mass is 237 g/mol. The molecule has 0 fully saturated rings. The lowest BCUT2D eigenvalue weighted by Crippen LogP contribution is -2.25. The van der Waals surface area contributed by atoms with Crippen molar-refractivity contribution < 1.29 is 19.7 Å². The molecule has 0 bridgehead atoms. The van der Waals surface area contributed by atoms with Crippen molar-refractivity contribution in [3.05, 3.63) is 0 Å². The van der Waals surface area contributed by atoms with Crippen LogP contribution in [0.15, 0.2) is 5.11 Å². The third kappa shape index (κ3) is 19.0. The zero-order valence-electron chi connectivity index (χ0n) is 10.1. The predicted octanol–water partition coefficient (Wildman–Crippen LogP) is -2.22. The molecule has 0 heterocycles. The second kappa shape index (κ2) is 19.9. The summed E-state index contributed by atoms with van der Waals surface area (Å²) >= 11 is 0. The van der Waals surface area contributed by atoms with Crippen LogP contribution < -0.4 is 17.0 Å². The van der Waals surface area contributed by atoms with Gasteiger partial charge in [0.05, 0.1) is 39.6 Å². The van der Waals surface area contributed by atoms with Crippen molar-refractivity contribution in [1.82, 2.24) is 0 Å². The van der Waals surface area contributed by atoms with E-state index in [1.165, 1.54) is 7.05 Å². The number of rotatable bonds is 11. The molecule has 98 valence electrons. The minimum atomic E-state index is 0.527. The maximum absolute atomic E-state index is 5.23. The Morgan fingerprint density at radius 3 is 1.75 bits per heavy atom. The molecule has 6 N–H and O–H groups in total. The Bertz CT molecular complexity index is 127. The second-order valence-electron chi connectivity index (χ2n) is 2.53. The average Bonchev–Trinajstić information content (AvgIpc) is 2.34. The molecule has 0 radical (unpaired) electrons. The van der Waals surface area contributed by atoms with E-state index >= 15 is 0 Å². The summed E-state index contributed by atoms with van der Waals surface area (Å²) in [5.74, 6) is 0. The van der Waals surface area contributed by atoms with Gasteiger partial charge in [0.25, 0.3) is 0 Å². The Labute approximate surface area is 96.9 Å². The van der Waals surface area contributed by atoms with Crippen LogP contribution in [0.1, 0.15) is 0 Å². The summed E-state index contributed by atoms with van der Waals surface area (Å²) in [7, 11) is 1.50. The fraction of sp³-hybridized carbons (Fsp3) is 1.00. The molecule has 7 heteroatoms. The number of hydrogen-bond donors (Lipinski definition) is 3. The van der Waals surface area contributed by atoms with E-state index in [0.29, 0.717) is 52.7 Å². The summed E-state index contributed by atoms with van der Waals surface area (Å²) in [5.41, 5.74) is 14.7. The molecular formula is C9H25N4O3+. The minimum absolute atomic E-state index is 0.527. The Morgan fingerprint density at radius 1 is 0.875 bits per heavy atom. The lowest BCUT2D eigenvalue weighted by atomic mass is 10.7. The molecule has 0 atom stereocenters. The quantitative estimate of drug-likeness (QED) is 0.278. The highest BCUT2D eigenvalue weighted by molar-refractivity contribution is 4.36. The van der Waals surface area contributed by atoms with Gasteiger partial charge in [0.2, 0.25) is 0 Å². The molecule has 0 aliphatic rings. The van der Waals surface area contributed by atoms with Crippen LogP contribution in [0.25, 0.3) is 0 Å². The summed E-state index contributed by atoms with van der Waals surface area (Å²) in [6, 6.07) is 0. The van der Waals surface area contributed by atoms with Gasteiger partial charge in [0.15, 0.2) is 0 Å². The van der Waals surface area contributed by atoms with E-state index in [4.69, 9.17) is 25.5 Å². The number of nitrogens with two attached hydrogens (primary N) is 3. The molecule has 0 aliphatic heterocycles. The molecule has 0 spiro atoms. The molecule has 0 aromatic heterocycles. The molecule has 0 saturated carbocycles. The number of nitrogens with zero attached hydrogens (tertiary/aromatic N) is 1. The first kappa shape index (κ1) is 17.8. The fourth-order valence-corrected chi connectivity index (χ4v) is 0.742. The lowest BCUT2D eigenvalue weighted by molar-refractivity contribution is -0.223. The van der Waals surface area contributed by atoms with E-state index in [9.17, 15) is 0 Å². The van der Waals surface area contributed by atoms with Crippen LogP contribution in [0.4, 0.5) is 0 Å². The summed E-state index contributed by atoms with van der Waals surface area (Å²) < 4.78 is 15.5. The van der Waals surface area contributed by atoms with Crippen LogP contribution in [-0.2, 0) is 14.2 Å². The Kier molecular flexibility index (Phi) is 22.1. The normalized spacial score (nSPS) is 9.44. The van der Waals surface area contributed by atoms with Gasteiger partial charge >= 0.3 is 0 Å². The molecule has 16 heavy (non-hydrogen) atoms. The van der Waals surface area contributed by atoms with Crippen molar-refractivity contribution in [2.75, 3.05) is 59.8 Å². The maximum atomic E-state index is 5.23. The van der Waals surface area contributed by atoms with Gasteiger partial charge in [-0.1, -0.05) is 0 Å². The molecule has 0 aromatic rings. The van der Waals surface area contributed by atoms with Crippen LogP contribution in [0.2, 0.25) is 0 Å². The van der Waals surface area contributed by atoms with Crippen LogP contribution in [0.5, 0.6) is 0 Å². The molecule has 7 nitrogen and oxygen atoms in total. The third-order valence-electron chi connectivity index (χ3n) is 1.37. The molecule has 0 amide bonds. The summed E-state index contributed by atoms with van der Waals surface area (Å²) in [5, 5.41) is 3.41. The van der Waals surface area contributed by atoms with Crippen molar-refractivity contribution in [3.8, 4) is 0 Å². The first-order valence-electron chi connectivity index (χ1n) is 5.29. The van der Waals surface area contributed by atoms with Gasteiger partial charge in [-0.25, -0.2) is 0 Å². The van der Waals surface area contributed by atoms with Crippen molar-refractivity contribution >= 4 is 0 Å². The van der Waals surface area contributed by atoms with Crippen molar-refractivity contribution in [1.29, 1.82) is 0 Å². The van der Waals surface area contributed by atoms with Gasteiger partial charge in [-0.3, -0.25) is 0 Å². The topological polar surface area (TPSA) is 118 Å². The molecule has 0 unspecified atom stereocenters. The number of hydrogen-bond acceptors (Lipinski definition) is 6. The van der Waals surface area contributed by atoms with Crippen molar-refractivity contribution in [2.45, 2.75) is 0 Å². The predicted molar refractivity (Wildman–Crippen MR) is 60.8 cm³/mol. The van der Waals surface area contributed by atoms with Gasteiger partial charge in [-0.2, -0.15) is 5.53 Å². The zero-order valence-corrected chi connectivity index (χ0v) is 10.1. The lowest BCUT2D eigenvalue weighted by Gasteiger charge is -2.04. The largest absolute Gasteiger partial charge is 0.378 e. The van der Waals surface area contributed by atoms with E-state index < -0.39 is 0 Å². The fourth-order valence-electron chi connectivity index (χ4n) is 0.742. The smallest absolute Gasteiger partial charge is 0.124 e. The molecular weight excluding hydrogens is 212 g/mol. The van der Waals surface area contributed by atoms with Crippen LogP contribution in [-0.4, -0.2) is 59.8 Å².